The van der Waals surface area contributed by atoms with Gasteiger partial charge in [0, 0.05) is 29.8 Å². The van der Waals surface area contributed by atoms with E-state index in [1.54, 1.807) is 13.0 Å². The monoisotopic (exact) mass is 346 g/mol. The average Bonchev–Trinajstić information content (AvgIpc) is 3.07. The van der Waals surface area contributed by atoms with Crippen LogP contribution in [0, 0.1) is 11.6 Å². The molecule has 0 bridgehead atoms. The maximum Gasteiger partial charge on any atom is 0.247 e. The Morgan fingerprint density at radius 2 is 2.12 bits per heavy atom. The number of H-pyrrole nitrogens is 1. The highest BCUT2D eigenvalue weighted by molar-refractivity contribution is 5.31. The number of nitrogens with one attached hydrogen (secondary N) is 1. The molecular formula is C17H16F2N4O2. The summed E-state index contributed by atoms with van der Waals surface area (Å²) in [4.78, 5) is 17.6. The summed E-state index contributed by atoms with van der Waals surface area (Å²) in [5, 5.41) is 15.3. The first kappa shape index (κ1) is 17.0. The second-order valence-corrected chi connectivity index (χ2v) is 5.85. The average molecular weight is 346 g/mol. The molecular weight excluding hydrogens is 330 g/mol. The van der Waals surface area contributed by atoms with Crippen molar-refractivity contribution in [1.29, 1.82) is 0 Å². The predicted octanol–water partition coefficient (Wildman–Crippen LogP) is 1.94. The third-order valence-electron chi connectivity index (χ3n) is 4.29. The lowest BCUT2D eigenvalue weighted by Gasteiger charge is -2.35. The van der Waals surface area contributed by atoms with E-state index in [1.807, 2.05) is 0 Å². The Morgan fingerprint density at radius 3 is 2.72 bits per heavy atom. The van der Waals surface area contributed by atoms with Crippen molar-refractivity contribution in [2.45, 2.75) is 25.0 Å². The third kappa shape index (κ3) is 3.34. The number of hydrogen-bond acceptors (Lipinski definition) is 4. The molecule has 0 spiro atoms. The molecule has 0 aliphatic heterocycles. The Kier molecular flexibility index (Phi) is 4.45. The second kappa shape index (κ2) is 6.56. The largest absolute Gasteiger partial charge is 0.382 e. The number of pyridine rings is 1. The Morgan fingerprint density at radius 1 is 1.32 bits per heavy atom. The fourth-order valence-corrected chi connectivity index (χ4v) is 2.82. The molecule has 6 nitrogen and oxygen atoms in total. The van der Waals surface area contributed by atoms with E-state index in [1.165, 1.54) is 35.7 Å². The highest BCUT2D eigenvalue weighted by atomic mass is 19.1. The smallest absolute Gasteiger partial charge is 0.247 e. The Balaban J connectivity index is 2.10. The van der Waals surface area contributed by atoms with E-state index in [4.69, 9.17) is 0 Å². The Bertz CT molecular complexity index is 906. The quantitative estimate of drug-likeness (QED) is 0.739. The van der Waals surface area contributed by atoms with Gasteiger partial charge in [-0.15, -0.1) is 0 Å². The lowest BCUT2D eigenvalue weighted by molar-refractivity contribution is -0.0113. The van der Waals surface area contributed by atoms with E-state index in [0.29, 0.717) is 5.56 Å². The van der Waals surface area contributed by atoms with Crippen molar-refractivity contribution in [1.82, 2.24) is 19.7 Å². The first-order chi connectivity index (χ1) is 11.9. The van der Waals surface area contributed by atoms with Gasteiger partial charge in [0.15, 0.2) is 0 Å². The van der Waals surface area contributed by atoms with E-state index in [-0.39, 0.29) is 17.7 Å². The summed E-state index contributed by atoms with van der Waals surface area (Å²) in [7, 11) is 0. The van der Waals surface area contributed by atoms with Gasteiger partial charge in [-0.1, -0.05) is 19.1 Å². The highest BCUT2D eigenvalue weighted by Gasteiger charge is 2.40. The zero-order chi connectivity index (χ0) is 18.0. The summed E-state index contributed by atoms with van der Waals surface area (Å²) in [5.74, 6) is -2.23. The van der Waals surface area contributed by atoms with Gasteiger partial charge >= 0.3 is 0 Å². The van der Waals surface area contributed by atoms with Crippen LogP contribution in [0.4, 0.5) is 8.78 Å². The van der Waals surface area contributed by atoms with Gasteiger partial charge in [-0.25, -0.2) is 18.4 Å². The number of halogens is 2. The van der Waals surface area contributed by atoms with Gasteiger partial charge in [0.25, 0.3) is 0 Å². The van der Waals surface area contributed by atoms with E-state index in [2.05, 4.69) is 15.1 Å². The summed E-state index contributed by atoms with van der Waals surface area (Å²) < 4.78 is 29.1. The molecule has 8 heteroatoms. The zero-order valence-electron chi connectivity index (χ0n) is 13.4. The molecule has 2 aromatic heterocycles. The number of aliphatic hydroxyl groups is 1. The highest BCUT2D eigenvalue weighted by Crippen LogP contribution is 2.39. The maximum absolute atomic E-state index is 14.4. The molecule has 0 radical (unpaired) electrons. The van der Waals surface area contributed by atoms with Crippen molar-refractivity contribution in [2.24, 2.45) is 0 Å². The van der Waals surface area contributed by atoms with Crippen molar-refractivity contribution < 1.29 is 13.9 Å². The van der Waals surface area contributed by atoms with Crippen LogP contribution in [0.1, 0.15) is 24.0 Å². The minimum atomic E-state index is -1.75. The van der Waals surface area contributed by atoms with Gasteiger partial charge in [-0.2, -0.15) is 5.10 Å². The number of nitrogens with zero attached hydrogens (tertiary/aromatic N) is 3. The molecule has 0 amide bonds. The van der Waals surface area contributed by atoms with Crippen LogP contribution >= 0.6 is 0 Å². The van der Waals surface area contributed by atoms with Crippen LogP contribution in [0.25, 0.3) is 0 Å². The fourth-order valence-electron chi connectivity index (χ4n) is 2.82. The molecule has 25 heavy (non-hydrogen) atoms. The van der Waals surface area contributed by atoms with Gasteiger partial charge in [0.05, 0.1) is 6.54 Å². The van der Waals surface area contributed by atoms with Crippen LogP contribution in [-0.4, -0.2) is 24.9 Å². The zero-order valence-corrected chi connectivity index (χ0v) is 13.4. The molecule has 2 atom stereocenters. The van der Waals surface area contributed by atoms with Crippen molar-refractivity contribution in [3.63, 3.8) is 0 Å². The van der Waals surface area contributed by atoms with Gasteiger partial charge in [0.2, 0.25) is 5.56 Å². The molecule has 0 aliphatic carbocycles. The standard InChI is InChI=1S/C17H16F2N4O2/c1-11(12-2-5-16(24)21-7-12)17(25,8-23-10-20-9-22-23)14-4-3-13(18)6-15(14)19/h2-7,9-11,25H,8H2,1H3,(H,21,24)/t11-,17+/m1/s1. The summed E-state index contributed by atoms with van der Waals surface area (Å²) >= 11 is 0. The van der Waals surface area contributed by atoms with Crippen LogP contribution < -0.4 is 5.56 Å². The van der Waals surface area contributed by atoms with Gasteiger partial charge in [-0.3, -0.25) is 4.79 Å². The molecule has 2 N–H and O–H groups in total. The fraction of sp³-hybridized carbons (Fsp3) is 0.235. The normalized spacial score (nSPS) is 14.9. The van der Waals surface area contributed by atoms with Crippen molar-refractivity contribution >= 4 is 0 Å². The van der Waals surface area contributed by atoms with E-state index >= 15 is 0 Å². The number of aromatic nitrogens is 4. The molecule has 0 aliphatic rings. The third-order valence-corrected chi connectivity index (χ3v) is 4.29. The van der Waals surface area contributed by atoms with Crippen molar-refractivity contribution in [2.75, 3.05) is 0 Å². The molecule has 130 valence electrons. The van der Waals surface area contributed by atoms with Crippen LogP contribution in [0.2, 0.25) is 0 Å². The molecule has 3 rings (SSSR count). The van der Waals surface area contributed by atoms with E-state index in [0.717, 1.165) is 12.1 Å². The van der Waals surface area contributed by atoms with Gasteiger partial charge in [0.1, 0.15) is 29.9 Å². The summed E-state index contributed by atoms with van der Waals surface area (Å²) in [6, 6.07) is 5.90. The molecule has 3 aromatic rings. The van der Waals surface area contributed by atoms with Gasteiger partial charge < -0.3 is 10.1 Å². The number of hydrogen-bond donors (Lipinski definition) is 2. The SMILES string of the molecule is C[C@H](c1ccc(=O)[nH]c1)[C@@](O)(Cn1cncn1)c1ccc(F)cc1F. The predicted molar refractivity (Wildman–Crippen MR) is 85.8 cm³/mol. The van der Waals surface area contributed by atoms with Gasteiger partial charge in [-0.05, 0) is 11.6 Å². The molecule has 0 fully saturated rings. The Hall–Kier alpha value is -2.87. The minimum absolute atomic E-state index is 0.0666. The molecule has 0 saturated carbocycles. The lowest BCUT2D eigenvalue weighted by Crippen LogP contribution is -2.38. The van der Waals surface area contributed by atoms with Crippen molar-refractivity contribution in [3.05, 3.63) is 82.3 Å². The van der Waals surface area contributed by atoms with E-state index in [9.17, 15) is 18.7 Å². The summed E-state index contributed by atoms with van der Waals surface area (Å²) in [5.41, 5.74) is -1.51. The van der Waals surface area contributed by atoms with Crippen LogP contribution in [0.15, 0.2) is 54.0 Å². The first-order valence-corrected chi connectivity index (χ1v) is 7.59. The number of aromatic amines is 1. The number of benzene rings is 1. The molecule has 0 unspecified atom stereocenters. The molecule has 0 saturated heterocycles. The molecule has 2 heterocycles. The van der Waals surface area contributed by atoms with Crippen LogP contribution in [-0.2, 0) is 12.1 Å². The van der Waals surface area contributed by atoms with Crippen molar-refractivity contribution in [3.8, 4) is 0 Å². The molecule has 1 aromatic carbocycles. The second-order valence-electron chi connectivity index (χ2n) is 5.85. The summed E-state index contributed by atoms with van der Waals surface area (Å²) in [6.07, 6.45) is 4.15. The topological polar surface area (TPSA) is 83.8 Å². The van der Waals surface area contributed by atoms with Crippen LogP contribution in [0.5, 0.6) is 0 Å². The Labute approximate surface area is 141 Å². The van der Waals surface area contributed by atoms with Crippen LogP contribution in [0.3, 0.4) is 0 Å². The van der Waals surface area contributed by atoms with E-state index < -0.39 is 23.2 Å². The minimum Gasteiger partial charge on any atom is -0.382 e. The number of rotatable bonds is 5. The lowest BCUT2D eigenvalue weighted by atomic mass is 9.78. The summed E-state index contributed by atoms with van der Waals surface area (Å²) in [6.45, 7) is 1.59. The maximum atomic E-state index is 14.4. The first-order valence-electron chi connectivity index (χ1n) is 7.59.